The minimum Gasteiger partial charge on any atom is -0.338 e. The largest absolute Gasteiger partial charge is 0.338 e. The molecule has 1 aliphatic rings. The SMILES string of the molecule is CC(C)c1ccc(S(=O)(=O)N(Cc2nc(-c3ccc(Cl)cc3)no2)C2CCCCC2)cc1. The van der Waals surface area contributed by atoms with Gasteiger partial charge in [0.2, 0.25) is 21.7 Å². The monoisotopic (exact) mass is 473 g/mol. The summed E-state index contributed by atoms with van der Waals surface area (Å²) in [4.78, 5) is 4.76. The second kappa shape index (κ2) is 9.73. The molecule has 0 spiro atoms. The van der Waals surface area contributed by atoms with E-state index in [1.54, 1.807) is 28.6 Å². The first-order valence-electron chi connectivity index (χ1n) is 11.0. The standard InChI is InChI=1S/C24H28ClN3O3S/c1-17(2)18-10-14-22(15-11-18)32(29,30)28(21-6-4-3-5-7-21)16-23-26-24(27-31-23)19-8-12-20(25)13-9-19/h8-15,17,21H,3-7,16H2,1-2H3. The average molecular weight is 474 g/mol. The lowest BCUT2D eigenvalue weighted by Gasteiger charge is -2.32. The highest BCUT2D eigenvalue weighted by molar-refractivity contribution is 7.89. The van der Waals surface area contributed by atoms with Gasteiger partial charge in [0.15, 0.2) is 0 Å². The van der Waals surface area contributed by atoms with Crippen molar-refractivity contribution in [1.82, 2.24) is 14.4 Å². The highest BCUT2D eigenvalue weighted by Crippen LogP contribution is 2.30. The van der Waals surface area contributed by atoms with E-state index in [0.717, 1.165) is 43.2 Å². The second-order valence-electron chi connectivity index (χ2n) is 8.58. The molecule has 1 aliphatic carbocycles. The third-order valence-electron chi connectivity index (χ3n) is 6.00. The fraction of sp³-hybridized carbons (Fsp3) is 0.417. The first-order chi connectivity index (χ1) is 15.3. The summed E-state index contributed by atoms with van der Waals surface area (Å²) in [7, 11) is -3.71. The predicted molar refractivity (Wildman–Crippen MR) is 125 cm³/mol. The van der Waals surface area contributed by atoms with Crippen LogP contribution in [-0.2, 0) is 16.6 Å². The van der Waals surface area contributed by atoms with Crippen molar-refractivity contribution in [2.24, 2.45) is 0 Å². The molecule has 0 amide bonds. The van der Waals surface area contributed by atoms with Gasteiger partial charge in [-0.25, -0.2) is 8.42 Å². The van der Waals surface area contributed by atoms with Gasteiger partial charge in [0, 0.05) is 16.6 Å². The van der Waals surface area contributed by atoms with Gasteiger partial charge in [0.25, 0.3) is 0 Å². The number of benzene rings is 2. The highest BCUT2D eigenvalue weighted by Gasteiger charge is 2.34. The zero-order chi connectivity index (χ0) is 22.7. The summed E-state index contributed by atoms with van der Waals surface area (Å²) in [5.74, 6) is 1.03. The van der Waals surface area contributed by atoms with Gasteiger partial charge in [-0.2, -0.15) is 9.29 Å². The minimum atomic E-state index is -3.71. The van der Waals surface area contributed by atoms with Crippen LogP contribution >= 0.6 is 11.6 Å². The van der Waals surface area contributed by atoms with E-state index in [4.69, 9.17) is 16.1 Å². The number of rotatable bonds is 7. The van der Waals surface area contributed by atoms with Crippen LogP contribution in [0.5, 0.6) is 0 Å². The summed E-state index contributed by atoms with van der Waals surface area (Å²) < 4.78 is 34.3. The summed E-state index contributed by atoms with van der Waals surface area (Å²) in [5.41, 5.74) is 1.87. The smallest absolute Gasteiger partial charge is 0.243 e. The molecule has 4 rings (SSSR count). The van der Waals surface area contributed by atoms with Crippen molar-refractivity contribution in [3.05, 3.63) is 65.0 Å². The van der Waals surface area contributed by atoms with Gasteiger partial charge in [0.1, 0.15) is 0 Å². The van der Waals surface area contributed by atoms with E-state index in [9.17, 15) is 8.42 Å². The van der Waals surface area contributed by atoms with E-state index < -0.39 is 10.0 Å². The Morgan fingerprint density at radius 3 is 2.31 bits per heavy atom. The number of hydrogen-bond donors (Lipinski definition) is 0. The maximum absolute atomic E-state index is 13.7. The van der Waals surface area contributed by atoms with Crippen LogP contribution in [0.3, 0.4) is 0 Å². The third-order valence-corrected chi connectivity index (χ3v) is 8.16. The van der Waals surface area contributed by atoms with Crippen LogP contribution in [0, 0.1) is 0 Å². The molecule has 0 N–H and O–H groups in total. The summed E-state index contributed by atoms with van der Waals surface area (Å²) >= 11 is 5.96. The van der Waals surface area contributed by atoms with Gasteiger partial charge >= 0.3 is 0 Å². The summed E-state index contributed by atoms with van der Waals surface area (Å²) in [5, 5.41) is 4.67. The molecular weight excluding hydrogens is 446 g/mol. The topological polar surface area (TPSA) is 76.3 Å². The van der Waals surface area contributed by atoms with Crippen molar-refractivity contribution >= 4 is 21.6 Å². The Balaban J connectivity index is 1.63. The van der Waals surface area contributed by atoms with E-state index in [-0.39, 0.29) is 18.5 Å². The van der Waals surface area contributed by atoms with Crippen molar-refractivity contribution in [3.63, 3.8) is 0 Å². The fourth-order valence-corrected chi connectivity index (χ4v) is 5.87. The Kier molecular flexibility index (Phi) is 6.98. The molecular formula is C24H28ClN3O3S. The molecule has 170 valence electrons. The number of halogens is 1. The number of sulfonamides is 1. The molecule has 0 saturated heterocycles. The molecule has 2 aromatic carbocycles. The van der Waals surface area contributed by atoms with Crippen molar-refractivity contribution in [1.29, 1.82) is 0 Å². The van der Waals surface area contributed by atoms with Crippen LogP contribution in [0.1, 0.15) is 63.3 Å². The number of aromatic nitrogens is 2. The Morgan fingerprint density at radius 2 is 1.69 bits per heavy atom. The molecule has 8 heteroatoms. The normalized spacial score (nSPS) is 15.5. The second-order valence-corrected chi connectivity index (χ2v) is 10.9. The molecule has 0 bridgehead atoms. The van der Waals surface area contributed by atoms with Crippen LogP contribution in [0.25, 0.3) is 11.4 Å². The molecule has 3 aromatic rings. The Hall–Kier alpha value is -2.22. The van der Waals surface area contributed by atoms with E-state index >= 15 is 0 Å². The molecule has 0 radical (unpaired) electrons. The van der Waals surface area contributed by atoms with Crippen LogP contribution in [0.4, 0.5) is 0 Å². The number of nitrogens with zero attached hydrogens (tertiary/aromatic N) is 3. The molecule has 1 fully saturated rings. The van der Waals surface area contributed by atoms with Crippen LogP contribution in [-0.4, -0.2) is 28.9 Å². The molecule has 1 aromatic heterocycles. The van der Waals surface area contributed by atoms with Crippen molar-refractivity contribution < 1.29 is 12.9 Å². The van der Waals surface area contributed by atoms with E-state index in [1.165, 1.54) is 0 Å². The molecule has 32 heavy (non-hydrogen) atoms. The van der Waals surface area contributed by atoms with Gasteiger partial charge in [-0.3, -0.25) is 0 Å². The van der Waals surface area contributed by atoms with Gasteiger partial charge in [-0.15, -0.1) is 0 Å². The van der Waals surface area contributed by atoms with Crippen LogP contribution in [0.2, 0.25) is 5.02 Å². The maximum Gasteiger partial charge on any atom is 0.243 e. The van der Waals surface area contributed by atoms with Gasteiger partial charge in [-0.05, 0) is 60.7 Å². The molecule has 0 atom stereocenters. The summed E-state index contributed by atoms with van der Waals surface area (Å²) in [6.45, 7) is 4.23. The van der Waals surface area contributed by atoms with E-state index in [0.29, 0.717) is 21.7 Å². The highest BCUT2D eigenvalue weighted by atomic mass is 35.5. The van der Waals surface area contributed by atoms with Crippen molar-refractivity contribution in [3.8, 4) is 11.4 Å². The molecule has 0 aliphatic heterocycles. The van der Waals surface area contributed by atoms with Gasteiger partial charge in [-0.1, -0.05) is 62.0 Å². The quantitative estimate of drug-likeness (QED) is 0.418. The van der Waals surface area contributed by atoms with Crippen molar-refractivity contribution in [2.75, 3.05) is 0 Å². The Morgan fingerprint density at radius 1 is 1.03 bits per heavy atom. The van der Waals surface area contributed by atoms with Gasteiger partial charge in [0.05, 0.1) is 11.4 Å². The zero-order valence-corrected chi connectivity index (χ0v) is 19.9. The molecule has 1 heterocycles. The van der Waals surface area contributed by atoms with Gasteiger partial charge < -0.3 is 4.52 Å². The first-order valence-corrected chi connectivity index (χ1v) is 12.9. The first kappa shape index (κ1) is 23.0. The lowest BCUT2D eigenvalue weighted by molar-refractivity contribution is 0.223. The summed E-state index contributed by atoms with van der Waals surface area (Å²) in [6, 6.07) is 14.2. The Labute approximate surface area is 194 Å². The fourth-order valence-electron chi connectivity index (χ4n) is 4.11. The Bertz CT molecular complexity index is 1140. The molecule has 6 nitrogen and oxygen atoms in total. The molecule has 1 saturated carbocycles. The number of hydrogen-bond acceptors (Lipinski definition) is 5. The molecule has 0 unspecified atom stereocenters. The van der Waals surface area contributed by atoms with Crippen LogP contribution < -0.4 is 0 Å². The van der Waals surface area contributed by atoms with Crippen LogP contribution in [0.15, 0.2) is 57.9 Å². The third kappa shape index (κ3) is 5.05. The van der Waals surface area contributed by atoms with E-state index in [1.807, 2.05) is 24.3 Å². The predicted octanol–water partition coefficient (Wildman–Crippen LogP) is 6.04. The lowest BCUT2D eigenvalue weighted by Crippen LogP contribution is -2.41. The summed E-state index contributed by atoms with van der Waals surface area (Å²) in [6.07, 6.45) is 4.84. The van der Waals surface area contributed by atoms with Crippen molar-refractivity contribution in [2.45, 2.75) is 69.4 Å². The van der Waals surface area contributed by atoms with E-state index in [2.05, 4.69) is 24.0 Å². The lowest BCUT2D eigenvalue weighted by atomic mass is 9.95. The minimum absolute atomic E-state index is 0.0551. The maximum atomic E-state index is 13.7. The zero-order valence-electron chi connectivity index (χ0n) is 18.4. The average Bonchev–Trinajstić information content (AvgIpc) is 3.27.